The molecule has 5 nitrogen and oxygen atoms in total. The van der Waals surface area contributed by atoms with Gasteiger partial charge in [0.2, 0.25) is 5.88 Å². The molecule has 0 atom stereocenters. The number of para-hydroxylation sites is 2. The second kappa shape index (κ2) is 5.16. The molecule has 0 amide bonds. The molecule has 0 aliphatic carbocycles. The van der Waals surface area contributed by atoms with Gasteiger partial charge in [0.15, 0.2) is 0 Å². The summed E-state index contributed by atoms with van der Waals surface area (Å²) in [5.74, 6) is -1.84. The molecule has 0 aliphatic rings. The molecule has 0 saturated heterocycles. The van der Waals surface area contributed by atoms with Crippen LogP contribution in [-0.4, -0.2) is 21.0 Å². The van der Waals surface area contributed by atoms with E-state index in [1.165, 1.54) is 12.3 Å². The summed E-state index contributed by atoms with van der Waals surface area (Å²) in [4.78, 5) is 19.1. The standard InChI is InChI=1S/C15H9FN2O3/c16-11-7-9(5-6-10(11)15(19)20)21-14-8-17-12-3-1-2-4-13(12)18-14/h1-8H,(H,19,20). The maximum absolute atomic E-state index is 13.6. The second-order valence-corrected chi connectivity index (χ2v) is 4.25. The van der Waals surface area contributed by atoms with Crippen molar-refractivity contribution in [2.75, 3.05) is 0 Å². The van der Waals surface area contributed by atoms with Gasteiger partial charge in [-0.3, -0.25) is 0 Å². The molecule has 1 N–H and O–H groups in total. The van der Waals surface area contributed by atoms with Gasteiger partial charge in [0.25, 0.3) is 0 Å². The Bertz CT molecular complexity index is 836. The monoisotopic (exact) mass is 284 g/mol. The number of carboxylic acids is 1. The zero-order valence-corrected chi connectivity index (χ0v) is 10.7. The lowest BCUT2D eigenvalue weighted by atomic mass is 10.2. The van der Waals surface area contributed by atoms with Crippen LogP contribution in [0.25, 0.3) is 11.0 Å². The molecule has 6 heteroatoms. The van der Waals surface area contributed by atoms with Gasteiger partial charge in [0, 0.05) is 6.07 Å². The average Bonchev–Trinajstić information content (AvgIpc) is 2.47. The zero-order valence-electron chi connectivity index (χ0n) is 10.7. The number of ether oxygens (including phenoxy) is 1. The van der Waals surface area contributed by atoms with Crippen LogP contribution in [0.1, 0.15) is 10.4 Å². The summed E-state index contributed by atoms with van der Waals surface area (Å²) in [5, 5.41) is 8.76. The minimum Gasteiger partial charge on any atom is -0.478 e. The first-order valence-electron chi connectivity index (χ1n) is 6.06. The molecule has 0 spiro atoms. The van der Waals surface area contributed by atoms with Gasteiger partial charge < -0.3 is 9.84 Å². The van der Waals surface area contributed by atoms with E-state index in [1.54, 1.807) is 6.07 Å². The van der Waals surface area contributed by atoms with Gasteiger partial charge in [-0.15, -0.1) is 0 Å². The van der Waals surface area contributed by atoms with Crippen molar-refractivity contribution in [2.24, 2.45) is 0 Å². The largest absolute Gasteiger partial charge is 0.478 e. The number of carbonyl (C=O) groups is 1. The van der Waals surface area contributed by atoms with E-state index < -0.39 is 17.3 Å². The van der Waals surface area contributed by atoms with Crippen molar-refractivity contribution in [3.05, 3.63) is 60.0 Å². The third-order valence-corrected chi connectivity index (χ3v) is 2.82. The fraction of sp³-hybridized carbons (Fsp3) is 0. The highest BCUT2D eigenvalue weighted by Gasteiger charge is 2.11. The SMILES string of the molecule is O=C(O)c1ccc(Oc2cnc3ccccc3n2)cc1F. The quantitative estimate of drug-likeness (QED) is 0.799. The first-order valence-corrected chi connectivity index (χ1v) is 6.06. The summed E-state index contributed by atoms with van der Waals surface area (Å²) in [6.07, 6.45) is 1.42. The maximum Gasteiger partial charge on any atom is 0.338 e. The summed E-state index contributed by atoms with van der Waals surface area (Å²) in [5.41, 5.74) is 0.960. The average molecular weight is 284 g/mol. The minimum atomic E-state index is -1.33. The topological polar surface area (TPSA) is 72.3 Å². The summed E-state index contributed by atoms with van der Waals surface area (Å²) in [6, 6.07) is 10.8. The second-order valence-electron chi connectivity index (χ2n) is 4.25. The van der Waals surface area contributed by atoms with E-state index in [9.17, 15) is 9.18 Å². The predicted octanol–water partition coefficient (Wildman–Crippen LogP) is 3.26. The highest BCUT2D eigenvalue weighted by molar-refractivity contribution is 5.88. The Morgan fingerprint density at radius 2 is 1.90 bits per heavy atom. The van der Waals surface area contributed by atoms with E-state index in [4.69, 9.17) is 9.84 Å². The smallest absolute Gasteiger partial charge is 0.338 e. The van der Waals surface area contributed by atoms with E-state index in [-0.39, 0.29) is 11.6 Å². The van der Waals surface area contributed by atoms with Gasteiger partial charge in [-0.1, -0.05) is 12.1 Å². The van der Waals surface area contributed by atoms with Gasteiger partial charge in [-0.2, -0.15) is 0 Å². The third-order valence-electron chi connectivity index (χ3n) is 2.82. The van der Waals surface area contributed by atoms with Crippen molar-refractivity contribution in [3.63, 3.8) is 0 Å². The van der Waals surface area contributed by atoms with Crippen LogP contribution in [0.3, 0.4) is 0 Å². The van der Waals surface area contributed by atoms with Crippen molar-refractivity contribution in [1.29, 1.82) is 0 Å². The van der Waals surface area contributed by atoms with Crippen molar-refractivity contribution < 1.29 is 19.0 Å². The van der Waals surface area contributed by atoms with Crippen LogP contribution in [0.2, 0.25) is 0 Å². The van der Waals surface area contributed by atoms with E-state index in [0.717, 1.165) is 17.6 Å². The first kappa shape index (κ1) is 13.0. The van der Waals surface area contributed by atoms with Crippen molar-refractivity contribution in [3.8, 4) is 11.6 Å². The molecule has 104 valence electrons. The Morgan fingerprint density at radius 3 is 2.62 bits per heavy atom. The third kappa shape index (κ3) is 2.64. The summed E-state index contributed by atoms with van der Waals surface area (Å²) in [6.45, 7) is 0. The molecule has 1 aromatic heterocycles. The normalized spacial score (nSPS) is 10.5. The van der Waals surface area contributed by atoms with Gasteiger partial charge in [-0.25, -0.2) is 19.2 Å². The van der Waals surface area contributed by atoms with Crippen molar-refractivity contribution in [2.45, 2.75) is 0 Å². The molecule has 3 rings (SSSR count). The number of hydrogen-bond donors (Lipinski definition) is 1. The molecule has 0 aliphatic heterocycles. The highest BCUT2D eigenvalue weighted by atomic mass is 19.1. The van der Waals surface area contributed by atoms with E-state index >= 15 is 0 Å². The number of rotatable bonds is 3. The van der Waals surface area contributed by atoms with Crippen LogP contribution >= 0.6 is 0 Å². The summed E-state index contributed by atoms with van der Waals surface area (Å²) < 4.78 is 19.0. The van der Waals surface area contributed by atoms with Gasteiger partial charge in [0.1, 0.15) is 11.6 Å². The Labute approximate surface area is 118 Å². The van der Waals surface area contributed by atoms with Crippen LogP contribution in [0.15, 0.2) is 48.7 Å². The van der Waals surface area contributed by atoms with E-state index in [0.29, 0.717) is 5.52 Å². The number of halogens is 1. The zero-order chi connectivity index (χ0) is 14.8. The number of aromatic carboxylic acids is 1. The summed E-state index contributed by atoms with van der Waals surface area (Å²) in [7, 11) is 0. The predicted molar refractivity (Wildman–Crippen MR) is 73.0 cm³/mol. The van der Waals surface area contributed by atoms with Crippen LogP contribution in [0, 0.1) is 5.82 Å². The number of nitrogens with zero attached hydrogens (tertiary/aromatic N) is 2. The Kier molecular flexibility index (Phi) is 3.19. The lowest BCUT2D eigenvalue weighted by Crippen LogP contribution is -2.00. The number of benzene rings is 2. The minimum absolute atomic E-state index is 0.155. The Morgan fingerprint density at radius 1 is 1.14 bits per heavy atom. The molecular weight excluding hydrogens is 275 g/mol. The molecule has 1 heterocycles. The molecular formula is C15H9FN2O3. The molecule has 0 unspecified atom stereocenters. The Hall–Kier alpha value is -3.02. The molecule has 2 aromatic carbocycles. The molecule has 0 fully saturated rings. The van der Waals surface area contributed by atoms with Crippen LogP contribution in [0.4, 0.5) is 4.39 Å². The van der Waals surface area contributed by atoms with Gasteiger partial charge >= 0.3 is 5.97 Å². The summed E-state index contributed by atoms with van der Waals surface area (Å²) >= 11 is 0. The van der Waals surface area contributed by atoms with Crippen molar-refractivity contribution in [1.82, 2.24) is 9.97 Å². The van der Waals surface area contributed by atoms with Crippen LogP contribution in [0.5, 0.6) is 11.6 Å². The van der Waals surface area contributed by atoms with Crippen LogP contribution in [-0.2, 0) is 0 Å². The number of carboxylic acid groups (broad SMARTS) is 1. The van der Waals surface area contributed by atoms with Crippen molar-refractivity contribution >= 4 is 17.0 Å². The van der Waals surface area contributed by atoms with Gasteiger partial charge in [-0.05, 0) is 24.3 Å². The molecule has 0 radical (unpaired) electrons. The van der Waals surface area contributed by atoms with E-state index in [1.807, 2.05) is 18.2 Å². The highest BCUT2D eigenvalue weighted by Crippen LogP contribution is 2.23. The molecule has 0 saturated carbocycles. The lowest BCUT2D eigenvalue weighted by Gasteiger charge is -2.06. The number of aromatic nitrogens is 2. The van der Waals surface area contributed by atoms with E-state index in [2.05, 4.69) is 9.97 Å². The molecule has 0 bridgehead atoms. The van der Waals surface area contributed by atoms with Crippen LogP contribution < -0.4 is 4.74 Å². The number of fused-ring (bicyclic) bond motifs is 1. The first-order chi connectivity index (χ1) is 10.1. The molecule has 21 heavy (non-hydrogen) atoms. The Balaban J connectivity index is 1.91. The molecule has 3 aromatic rings. The fourth-order valence-corrected chi connectivity index (χ4v) is 1.84. The maximum atomic E-state index is 13.6. The number of hydrogen-bond acceptors (Lipinski definition) is 4. The fourth-order valence-electron chi connectivity index (χ4n) is 1.84. The lowest BCUT2D eigenvalue weighted by molar-refractivity contribution is 0.0692. The van der Waals surface area contributed by atoms with Gasteiger partial charge in [0.05, 0.1) is 22.8 Å².